The molecule has 3 saturated heterocycles. The van der Waals surface area contributed by atoms with E-state index in [-0.39, 0.29) is 17.6 Å². The van der Waals surface area contributed by atoms with Crippen LogP contribution >= 0.6 is 0 Å². The minimum Gasteiger partial charge on any atom is -0.371 e. The number of likely N-dealkylation sites (N-methyl/N-ethyl adjacent to an activating group) is 1. The molecule has 3 aliphatic rings. The number of likely N-dealkylation sites (tertiary alicyclic amines) is 1. The molecule has 1 aromatic carbocycles. The van der Waals surface area contributed by atoms with Crippen LogP contribution in [-0.2, 0) is 11.2 Å². The molecule has 4 N–H and O–H groups in total. The third-order valence-corrected chi connectivity index (χ3v) is 8.89. The van der Waals surface area contributed by atoms with E-state index in [9.17, 15) is 9.59 Å². The summed E-state index contributed by atoms with van der Waals surface area (Å²) in [7, 11) is 2.20. The van der Waals surface area contributed by atoms with Crippen LogP contribution in [0.4, 0.5) is 23.0 Å². The van der Waals surface area contributed by atoms with Crippen LogP contribution in [0.1, 0.15) is 48.8 Å². The van der Waals surface area contributed by atoms with Gasteiger partial charge in [-0.1, -0.05) is 13.5 Å². The number of nitrogens with two attached hydrogens (primary N) is 1. The van der Waals surface area contributed by atoms with Gasteiger partial charge in [-0.25, -0.2) is 9.97 Å². The number of rotatable bonds is 10. The van der Waals surface area contributed by atoms with Crippen molar-refractivity contribution in [3.8, 4) is 0 Å². The van der Waals surface area contributed by atoms with Crippen LogP contribution in [0.5, 0.6) is 0 Å². The molecule has 0 unspecified atom stereocenters. The van der Waals surface area contributed by atoms with Crippen molar-refractivity contribution in [2.75, 3.05) is 74.9 Å². The number of aromatic nitrogens is 2. The van der Waals surface area contributed by atoms with Crippen LogP contribution in [0.25, 0.3) is 0 Å². The highest BCUT2D eigenvalue weighted by Crippen LogP contribution is 2.28. The van der Waals surface area contributed by atoms with Crippen molar-refractivity contribution in [2.45, 2.75) is 51.1 Å². The second-order valence-electron chi connectivity index (χ2n) is 11.6. The summed E-state index contributed by atoms with van der Waals surface area (Å²) in [5.74, 6) is 0.205. The second kappa shape index (κ2) is 13.5. The Kier molecular flexibility index (Phi) is 9.58. The summed E-state index contributed by atoms with van der Waals surface area (Å²) < 4.78 is 0. The molecule has 0 saturated carbocycles. The number of benzene rings is 1. The van der Waals surface area contributed by atoms with Gasteiger partial charge in [-0.15, -0.1) is 0 Å². The monoisotopic (exact) mass is 575 g/mol. The minimum atomic E-state index is -0.635. The molecule has 11 nitrogen and oxygen atoms in total. The van der Waals surface area contributed by atoms with E-state index in [0.29, 0.717) is 36.3 Å². The molecule has 42 heavy (non-hydrogen) atoms. The summed E-state index contributed by atoms with van der Waals surface area (Å²) in [5.41, 5.74) is 8.47. The maximum Gasteiger partial charge on any atom is 0.271 e. The first-order valence-electron chi connectivity index (χ1n) is 15.3. The first kappa shape index (κ1) is 29.8. The van der Waals surface area contributed by atoms with Crippen LogP contribution in [0.3, 0.4) is 0 Å². The minimum absolute atomic E-state index is 0.0494. The van der Waals surface area contributed by atoms with Crippen LogP contribution in [0.15, 0.2) is 36.9 Å². The fourth-order valence-corrected chi connectivity index (χ4v) is 6.36. The summed E-state index contributed by atoms with van der Waals surface area (Å²) in [6, 6.07) is 8.96. The van der Waals surface area contributed by atoms with E-state index in [1.807, 2.05) is 24.0 Å². The molecule has 226 valence electrons. The van der Waals surface area contributed by atoms with Crippen LogP contribution in [0, 0.1) is 0 Å². The van der Waals surface area contributed by atoms with Crippen LogP contribution < -0.4 is 21.3 Å². The van der Waals surface area contributed by atoms with E-state index >= 15 is 0 Å². The fraction of sp³-hybridized carbons (Fsp3) is 0.548. The van der Waals surface area contributed by atoms with Crippen LogP contribution in [0.2, 0.25) is 0 Å². The Hall–Kier alpha value is -3.70. The lowest BCUT2D eigenvalue weighted by molar-refractivity contribution is -0.126. The van der Waals surface area contributed by atoms with Gasteiger partial charge in [0.15, 0.2) is 11.5 Å². The molecule has 0 aliphatic carbocycles. The second-order valence-corrected chi connectivity index (χ2v) is 11.6. The standard InChI is InChI=1S/C31H45N9O2/c1-4-26-30(33-21-25-7-6-14-40(25)27(41)5-2)36-31(28(35-26)29(32)42)34-22-8-10-23(11-9-22)38-15-12-24(13-16-38)39-19-17-37(3)18-20-39/h5,8-11,24-25H,2,4,6-7,12-21H2,1,3H3,(H2,32,42)(H2,33,34,36)/t25-/m1/s1. The molecule has 1 atom stereocenters. The Morgan fingerprint density at radius 2 is 1.71 bits per heavy atom. The van der Waals surface area contributed by atoms with Gasteiger partial charge in [0.1, 0.15) is 5.82 Å². The maximum absolute atomic E-state index is 12.3. The molecular formula is C31H45N9O2. The van der Waals surface area contributed by atoms with Gasteiger partial charge >= 0.3 is 0 Å². The number of hydrogen-bond acceptors (Lipinski definition) is 9. The number of piperazine rings is 1. The fourth-order valence-electron chi connectivity index (χ4n) is 6.36. The van der Waals surface area contributed by atoms with Gasteiger partial charge in [0.2, 0.25) is 5.91 Å². The Morgan fingerprint density at radius 3 is 2.36 bits per heavy atom. The largest absolute Gasteiger partial charge is 0.371 e. The van der Waals surface area contributed by atoms with Crippen molar-refractivity contribution in [1.29, 1.82) is 0 Å². The Morgan fingerprint density at radius 1 is 1.00 bits per heavy atom. The highest BCUT2D eigenvalue weighted by molar-refractivity contribution is 5.96. The summed E-state index contributed by atoms with van der Waals surface area (Å²) >= 11 is 0. The van der Waals surface area contributed by atoms with Gasteiger partial charge < -0.3 is 31.1 Å². The van der Waals surface area contributed by atoms with Gasteiger partial charge in [-0.2, -0.15) is 0 Å². The van der Waals surface area contributed by atoms with Crippen molar-refractivity contribution in [1.82, 2.24) is 24.7 Å². The number of piperidine rings is 1. The summed E-state index contributed by atoms with van der Waals surface area (Å²) in [6.45, 7) is 13.6. The number of aryl methyl sites for hydroxylation is 1. The lowest BCUT2D eigenvalue weighted by Gasteiger charge is -2.42. The number of carbonyl (C=O) groups excluding carboxylic acids is 2. The quantitative estimate of drug-likeness (QED) is 0.367. The molecule has 3 aliphatic heterocycles. The number of carbonyl (C=O) groups is 2. The third kappa shape index (κ3) is 6.84. The van der Waals surface area contributed by atoms with Crippen molar-refractivity contribution in [2.24, 2.45) is 5.73 Å². The number of amides is 2. The van der Waals surface area contributed by atoms with Gasteiger partial charge in [-0.3, -0.25) is 14.5 Å². The van der Waals surface area contributed by atoms with Gasteiger partial charge in [0, 0.05) is 75.8 Å². The molecule has 0 spiro atoms. The number of nitrogens with zero attached hydrogens (tertiary/aromatic N) is 6. The van der Waals surface area contributed by atoms with E-state index in [4.69, 9.17) is 10.7 Å². The van der Waals surface area contributed by atoms with Gasteiger partial charge in [0.25, 0.3) is 5.91 Å². The lowest BCUT2D eigenvalue weighted by Crippen LogP contribution is -2.52. The average Bonchev–Trinajstić information content (AvgIpc) is 3.49. The van der Waals surface area contributed by atoms with Crippen molar-refractivity contribution < 1.29 is 9.59 Å². The Labute approximate surface area is 249 Å². The molecular weight excluding hydrogens is 530 g/mol. The van der Waals surface area contributed by atoms with Crippen LogP contribution in [-0.4, -0.2) is 108 Å². The Balaban J connectivity index is 1.24. The first-order valence-corrected chi connectivity index (χ1v) is 15.3. The normalized spacial score (nSPS) is 20.5. The maximum atomic E-state index is 12.3. The molecule has 4 heterocycles. The molecule has 0 bridgehead atoms. The van der Waals surface area contributed by atoms with Gasteiger partial charge in [0.05, 0.1) is 5.69 Å². The summed E-state index contributed by atoms with van der Waals surface area (Å²) in [6.07, 6.45) is 6.17. The van der Waals surface area contributed by atoms with Crippen molar-refractivity contribution in [3.05, 3.63) is 48.3 Å². The molecule has 1 aromatic heterocycles. The highest BCUT2D eigenvalue weighted by atomic mass is 16.2. The van der Waals surface area contributed by atoms with E-state index in [2.05, 4.69) is 56.1 Å². The summed E-state index contributed by atoms with van der Waals surface area (Å²) in [4.78, 5) is 43.2. The molecule has 2 amide bonds. The highest BCUT2D eigenvalue weighted by Gasteiger charge is 2.28. The third-order valence-electron chi connectivity index (χ3n) is 8.89. The molecule has 0 radical (unpaired) electrons. The lowest BCUT2D eigenvalue weighted by atomic mass is 10.0. The number of nitrogens with one attached hydrogen (secondary N) is 2. The first-order chi connectivity index (χ1) is 20.4. The molecule has 2 aromatic rings. The zero-order chi connectivity index (χ0) is 29.6. The van der Waals surface area contributed by atoms with Crippen molar-refractivity contribution in [3.63, 3.8) is 0 Å². The zero-order valence-corrected chi connectivity index (χ0v) is 25.0. The predicted molar refractivity (Wildman–Crippen MR) is 167 cm³/mol. The molecule has 3 fully saturated rings. The summed E-state index contributed by atoms with van der Waals surface area (Å²) in [5, 5.41) is 6.65. The van der Waals surface area contributed by atoms with E-state index < -0.39 is 5.91 Å². The SMILES string of the molecule is C=CC(=O)N1CCC[C@@H]1CNc1nc(Nc2ccc(N3CCC(N4CCN(C)CC4)CC3)cc2)c(C(N)=O)nc1CC. The van der Waals surface area contributed by atoms with Crippen molar-refractivity contribution >= 4 is 34.8 Å². The van der Waals surface area contributed by atoms with Gasteiger partial charge in [-0.05, 0) is 69.5 Å². The van der Waals surface area contributed by atoms with E-state index in [1.165, 1.54) is 37.7 Å². The van der Waals surface area contributed by atoms with E-state index in [0.717, 1.165) is 51.3 Å². The average molecular weight is 576 g/mol. The zero-order valence-electron chi connectivity index (χ0n) is 25.0. The number of hydrogen-bond donors (Lipinski definition) is 3. The van der Waals surface area contributed by atoms with E-state index in [1.54, 1.807) is 0 Å². The molecule has 11 heteroatoms. The predicted octanol–water partition coefficient (Wildman–Crippen LogP) is 2.69. The Bertz CT molecular complexity index is 1250. The smallest absolute Gasteiger partial charge is 0.271 e. The number of primary amides is 1. The number of anilines is 4. The topological polar surface area (TPSA) is 123 Å². The molecule has 5 rings (SSSR count).